The van der Waals surface area contributed by atoms with Crippen molar-refractivity contribution in [3.8, 4) is 11.5 Å². The molecular formula is C25H27N7O6. The van der Waals surface area contributed by atoms with Gasteiger partial charge in [-0.25, -0.2) is 20.4 Å². The summed E-state index contributed by atoms with van der Waals surface area (Å²) in [5.41, 5.74) is 11.0. The zero-order valence-corrected chi connectivity index (χ0v) is 20.4. The molecular weight excluding hydrogens is 494 g/mol. The molecule has 0 saturated carbocycles. The number of ether oxygens (including phenoxy) is 3. The van der Waals surface area contributed by atoms with Gasteiger partial charge in [-0.05, 0) is 29.3 Å². The lowest BCUT2D eigenvalue weighted by molar-refractivity contribution is -0.0501. The number of hydrazone groups is 1. The van der Waals surface area contributed by atoms with E-state index < -0.39 is 31.1 Å². The zero-order valence-electron chi connectivity index (χ0n) is 20.4. The first-order valence-corrected chi connectivity index (χ1v) is 11.7. The van der Waals surface area contributed by atoms with Gasteiger partial charge >= 0.3 is 0 Å². The Balaban J connectivity index is 1.37. The van der Waals surface area contributed by atoms with Crippen LogP contribution in [0.5, 0.6) is 11.5 Å². The second kappa shape index (κ2) is 11.0. The lowest BCUT2D eigenvalue weighted by Crippen LogP contribution is -2.33. The number of anilines is 2. The predicted molar refractivity (Wildman–Crippen MR) is 138 cm³/mol. The van der Waals surface area contributed by atoms with Crippen molar-refractivity contribution in [2.75, 3.05) is 24.9 Å². The topological polar surface area (TPSA) is 182 Å². The highest BCUT2D eigenvalue weighted by Gasteiger charge is 2.45. The molecule has 2 aromatic heterocycles. The van der Waals surface area contributed by atoms with Gasteiger partial charge in [-0.3, -0.25) is 4.57 Å². The van der Waals surface area contributed by atoms with Crippen LogP contribution in [-0.4, -0.2) is 73.1 Å². The number of benzene rings is 2. The molecule has 4 aromatic rings. The Hall–Kier alpha value is -4.30. The van der Waals surface area contributed by atoms with Crippen LogP contribution in [0.25, 0.3) is 11.2 Å². The number of imidazole rings is 1. The Kier molecular flexibility index (Phi) is 7.33. The highest BCUT2D eigenvalue weighted by molar-refractivity contribution is 5.85. The van der Waals surface area contributed by atoms with Gasteiger partial charge in [0, 0.05) is 0 Å². The maximum Gasteiger partial charge on any atom is 0.228 e. The molecule has 2 aromatic carbocycles. The van der Waals surface area contributed by atoms with Crippen molar-refractivity contribution in [1.29, 1.82) is 0 Å². The quantitative estimate of drug-likeness (QED) is 0.157. The summed E-state index contributed by atoms with van der Waals surface area (Å²) in [7, 11) is 1.55. The number of methoxy groups -OCH3 is 1. The first-order chi connectivity index (χ1) is 18.5. The lowest BCUT2D eigenvalue weighted by atomic mass is 10.1. The Morgan fingerprint density at radius 2 is 1.95 bits per heavy atom. The first-order valence-electron chi connectivity index (χ1n) is 11.7. The second-order valence-corrected chi connectivity index (χ2v) is 8.52. The van der Waals surface area contributed by atoms with E-state index in [4.69, 9.17) is 19.9 Å². The van der Waals surface area contributed by atoms with Gasteiger partial charge in [-0.1, -0.05) is 30.3 Å². The van der Waals surface area contributed by atoms with Crippen LogP contribution in [0.2, 0.25) is 0 Å². The summed E-state index contributed by atoms with van der Waals surface area (Å²) in [4.78, 5) is 12.6. The Morgan fingerprint density at radius 1 is 1.13 bits per heavy atom. The molecule has 1 aliphatic heterocycles. The van der Waals surface area contributed by atoms with Crippen LogP contribution in [-0.2, 0) is 11.3 Å². The summed E-state index contributed by atoms with van der Waals surface area (Å²) in [6, 6.07) is 15.2. The molecule has 1 aliphatic rings. The van der Waals surface area contributed by atoms with Gasteiger partial charge in [0.25, 0.3) is 0 Å². The summed E-state index contributed by atoms with van der Waals surface area (Å²) in [6.45, 7) is -0.0817. The third kappa shape index (κ3) is 4.95. The van der Waals surface area contributed by atoms with Crippen molar-refractivity contribution in [1.82, 2.24) is 19.5 Å². The van der Waals surface area contributed by atoms with Crippen molar-refractivity contribution in [3.63, 3.8) is 0 Å². The molecule has 0 unspecified atom stereocenters. The Labute approximate surface area is 217 Å². The highest BCUT2D eigenvalue weighted by Crippen LogP contribution is 2.35. The van der Waals surface area contributed by atoms with Crippen LogP contribution in [0.15, 0.2) is 60.0 Å². The van der Waals surface area contributed by atoms with E-state index in [1.807, 2.05) is 36.4 Å². The fraction of sp³-hybridized carbons (Fsp3) is 0.280. The Bertz CT molecular complexity index is 1430. The van der Waals surface area contributed by atoms with E-state index in [2.05, 4.69) is 25.5 Å². The lowest BCUT2D eigenvalue weighted by Gasteiger charge is -2.18. The number of aromatic nitrogens is 4. The van der Waals surface area contributed by atoms with Crippen LogP contribution in [0.1, 0.15) is 17.4 Å². The number of nitrogens with one attached hydrogen (secondary N) is 1. The van der Waals surface area contributed by atoms with E-state index in [9.17, 15) is 15.3 Å². The minimum atomic E-state index is -1.36. The molecule has 0 bridgehead atoms. The minimum Gasteiger partial charge on any atom is -0.493 e. The number of hydrogen-bond acceptors (Lipinski definition) is 12. The third-order valence-corrected chi connectivity index (χ3v) is 6.08. The van der Waals surface area contributed by atoms with Gasteiger partial charge in [-0.15, -0.1) is 0 Å². The number of fused-ring (bicyclic) bond motifs is 1. The number of nitrogens with two attached hydrogens (primary N) is 1. The molecule has 0 spiro atoms. The number of aliphatic hydroxyl groups excluding tert-OH is 3. The molecule has 13 nitrogen and oxygen atoms in total. The fourth-order valence-electron chi connectivity index (χ4n) is 4.12. The molecule has 0 radical (unpaired) electrons. The van der Waals surface area contributed by atoms with E-state index in [0.717, 1.165) is 5.56 Å². The van der Waals surface area contributed by atoms with Gasteiger partial charge in [0.05, 0.1) is 19.9 Å². The van der Waals surface area contributed by atoms with Crippen LogP contribution >= 0.6 is 0 Å². The smallest absolute Gasteiger partial charge is 0.228 e. The van der Waals surface area contributed by atoms with E-state index in [1.54, 1.807) is 25.5 Å². The van der Waals surface area contributed by atoms with E-state index in [1.165, 1.54) is 10.9 Å². The number of nitrogen functional groups attached to an aromatic ring is 1. The normalized spacial score (nSPS) is 21.3. The summed E-state index contributed by atoms with van der Waals surface area (Å²) >= 11 is 0. The molecule has 198 valence electrons. The van der Waals surface area contributed by atoms with Crippen molar-refractivity contribution in [2.45, 2.75) is 31.1 Å². The van der Waals surface area contributed by atoms with Gasteiger partial charge in [-0.2, -0.15) is 5.10 Å². The molecule has 4 atom stereocenters. The van der Waals surface area contributed by atoms with Crippen LogP contribution in [0, 0.1) is 0 Å². The third-order valence-electron chi connectivity index (χ3n) is 6.08. The van der Waals surface area contributed by atoms with E-state index >= 15 is 0 Å². The molecule has 6 N–H and O–H groups in total. The number of hydrogen-bond donors (Lipinski definition) is 5. The average molecular weight is 522 g/mol. The molecule has 5 rings (SSSR count). The van der Waals surface area contributed by atoms with Gasteiger partial charge in [0.2, 0.25) is 5.95 Å². The van der Waals surface area contributed by atoms with Crippen molar-refractivity contribution < 1.29 is 29.5 Å². The molecule has 0 aliphatic carbocycles. The molecule has 0 amide bonds. The molecule has 3 heterocycles. The molecule has 38 heavy (non-hydrogen) atoms. The maximum absolute atomic E-state index is 10.6. The average Bonchev–Trinajstić information content (AvgIpc) is 3.45. The SMILES string of the molecule is COc1cc(/C=N/Nc2nc3c(N)ncnc3n2[C@@H]2O[C@H](CO)[C@@H](O)[C@@H]2O)ccc1OCc1ccccc1. The van der Waals surface area contributed by atoms with E-state index in [0.29, 0.717) is 23.7 Å². The van der Waals surface area contributed by atoms with Crippen molar-refractivity contribution in [2.24, 2.45) is 5.10 Å². The monoisotopic (exact) mass is 521 g/mol. The van der Waals surface area contributed by atoms with Crippen LogP contribution in [0.4, 0.5) is 11.8 Å². The molecule has 13 heteroatoms. The summed E-state index contributed by atoms with van der Waals surface area (Å²) in [5.74, 6) is 1.37. The summed E-state index contributed by atoms with van der Waals surface area (Å²) in [5, 5.41) is 34.6. The van der Waals surface area contributed by atoms with Gasteiger partial charge < -0.3 is 35.3 Å². The predicted octanol–water partition coefficient (Wildman–Crippen LogP) is 1.05. The summed E-state index contributed by atoms with van der Waals surface area (Å²) in [6.07, 6.45) is -1.98. The first kappa shape index (κ1) is 25.4. The van der Waals surface area contributed by atoms with Crippen molar-refractivity contribution >= 4 is 29.1 Å². The van der Waals surface area contributed by atoms with Gasteiger partial charge in [0.1, 0.15) is 31.2 Å². The zero-order chi connectivity index (χ0) is 26.6. The number of nitrogens with zero attached hydrogens (tertiary/aromatic N) is 5. The maximum atomic E-state index is 10.6. The van der Waals surface area contributed by atoms with Gasteiger partial charge in [0.15, 0.2) is 34.7 Å². The van der Waals surface area contributed by atoms with Crippen LogP contribution in [0.3, 0.4) is 0 Å². The largest absolute Gasteiger partial charge is 0.493 e. The summed E-state index contributed by atoms with van der Waals surface area (Å²) < 4.78 is 18.5. The second-order valence-electron chi connectivity index (χ2n) is 8.52. The molecule has 1 fully saturated rings. The number of aliphatic hydroxyl groups is 3. The van der Waals surface area contributed by atoms with Crippen LogP contribution < -0.4 is 20.6 Å². The Morgan fingerprint density at radius 3 is 2.68 bits per heavy atom. The molecule has 1 saturated heterocycles. The standard InChI is InChI=1S/C25H27N7O6/c1-36-17-9-15(7-8-16(17)37-12-14-5-3-2-4-6-14)10-29-31-25-30-19-22(26)27-13-28-23(19)32(25)24-21(35)20(34)18(11-33)38-24/h2-10,13,18,20-21,24,33-35H,11-12H2,1H3,(H,30,31)(H2,26,27,28)/b29-10+/t18-,20-,21+,24-/m1/s1. The fourth-order valence-corrected chi connectivity index (χ4v) is 4.12. The number of rotatable bonds is 9. The van der Waals surface area contributed by atoms with E-state index in [-0.39, 0.29) is 22.9 Å². The minimum absolute atomic E-state index is 0.114. The highest BCUT2D eigenvalue weighted by atomic mass is 16.6. The van der Waals surface area contributed by atoms with Crippen molar-refractivity contribution in [3.05, 3.63) is 66.0 Å².